The molecule has 0 saturated carbocycles. The Labute approximate surface area is 224 Å². The van der Waals surface area contributed by atoms with Crippen LogP contribution in [0.15, 0.2) is 29.2 Å². The number of carboxylic acids is 1. The highest BCUT2D eigenvalue weighted by molar-refractivity contribution is 8.18. The number of thioether (sulfide) groups is 1. The molecule has 0 radical (unpaired) electrons. The lowest BCUT2D eigenvalue weighted by Gasteiger charge is -2.37. The predicted molar refractivity (Wildman–Crippen MR) is 142 cm³/mol. The van der Waals surface area contributed by atoms with Crippen molar-refractivity contribution >= 4 is 40.9 Å². The molecule has 0 spiro atoms. The summed E-state index contributed by atoms with van der Waals surface area (Å²) in [6.07, 6.45) is 2.57. The highest BCUT2D eigenvalue weighted by Crippen LogP contribution is 2.44. The topological polar surface area (TPSA) is 128 Å². The number of ether oxygens (including phenoxy) is 3. The van der Waals surface area contributed by atoms with Crippen LogP contribution in [-0.4, -0.2) is 40.4 Å². The first-order valence-corrected chi connectivity index (χ1v) is 13.0. The number of nitrogens with one attached hydrogen (secondary N) is 1. The van der Waals surface area contributed by atoms with E-state index in [0.717, 1.165) is 45.3 Å². The summed E-state index contributed by atoms with van der Waals surface area (Å²) >= 11 is 0.873. The molecule has 0 bridgehead atoms. The zero-order valence-corrected chi connectivity index (χ0v) is 22.5. The van der Waals surface area contributed by atoms with E-state index in [1.54, 1.807) is 18.2 Å². The molecule has 9 nitrogen and oxygen atoms in total. The van der Waals surface area contributed by atoms with Crippen molar-refractivity contribution in [1.29, 1.82) is 0 Å². The van der Waals surface area contributed by atoms with Crippen LogP contribution in [0, 0.1) is 20.8 Å². The highest BCUT2D eigenvalue weighted by atomic mass is 32.2. The van der Waals surface area contributed by atoms with Gasteiger partial charge in [-0.15, -0.1) is 0 Å². The molecule has 2 N–H and O–H groups in total. The molecule has 2 aliphatic heterocycles. The minimum atomic E-state index is -1.05. The first kappa shape index (κ1) is 27.3. The summed E-state index contributed by atoms with van der Waals surface area (Å²) in [5.74, 6) is -0.147. The van der Waals surface area contributed by atoms with Crippen LogP contribution >= 0.6 is 11.8 Å². The SMILES string of the molecule is Cc1c(C)c2c(c(C)c1OC(=O)CCC(=O)O)CCC(C)(COc1ccc(/C=C3\SC(=O)NC3=O)cc1)O2. The maximum Gasteiger partial charge on any atom is 0.311 e. The Morgan fingerprint density at radius 3 is 2.45 bits per heavy atom. The fourth-order valence-corrected chi connectivity index (χ4v) is 5.06. The van der Waals surface area contributed by atoms with E-state index in [4.69, 9.17) is 19.3 Å². The minimum absolute atomic E-state index is 0.192. The van der Waals surface area contributed by atoms with Gasteiger partial charge in [0, 0.05) is 5.56 Å². The first-order chi connectivity index (χ1) is 18.0. The monoisotopic (exact) mass is 539 g/mol. The van der Waals surface area contributed by atoms with Gasteiger partial charge in [0.15, 0.2) is 0 Å². The summed E-state index contributed by atoms with van der Waals surface area (Å²) in [6, 6.07) is 7.23. The molecule has 2 aliphatic rings. The maximum atomic E-state index is 12.2. The van der Waals surface area contributed by atoms with Crippen molar-refractivity contribution in [2.45, 2.75) is 59.0 Å². The van der Waals surface area contributed by atoms with Gasteiger partial charge in [-0.2, -0.15) is 0 Å². The largest absolute Gasteiger partial charge is 0.489 e. The third-order valence-corrected chi connectivity index (χ3v) is 7.50. The van der Waals surface area contributed by atoms with E-state index in [0.29, 0.717) is 35.9 Å². The summed E-state index contributed by atoms with van der Waals surface area (Å²) in [6.45, 7) is 7.95. The van der Waals surface area contributed by atoms with Crippen LogP contribution in [0.25, 0.3) is 6.08 Å². The van der Waals surface area contributed by atoms with Crippen LogP contribution in [-0.2, 0) is 20.8 Å². The number of carboxylic acid groups (broad SMARTS) is 1. The number of hydrogen-bond acceptors (Lipinski definition) is 8. The molecule has 38 heavy (non-hydrogen) atoms. The minimum Gasteiger partial charge on any atom is -0.489 e. The number of rotatable bonds is 8. The molecule has 10 heteroatoms. The maximum absolute atomic E-state index is 12.2. The second-order valence-corrected chi connectivity index (χ2v) is 10.7. The Balaban J connectivity index is 1.43. The van der Waals surface area contributed by atoms with E-state index in [9.17, 15) is 19.2 Å². The summed E-state index contributed by atoms with van der Waals surface area (Å²) in [7, 11) is 0. The molecule has 200 valence electrons. The third kappa shape index (κ3) is 6.02. The van der Waals surface area contributed by atoms with Crippen LogP contribution in [0.3, 0.4) is 0 Å². The molecular formula is C28H29NO8S. The number of imide groups is 1. The number of aliphatic carboxylic acids is 1. The van der Waals surface area contributed by atoms with Crippen LogP contribution in [0.2, 0.25) is 0 Å². The lowest BCUT2D eigenvalue weighted by molar-refractivity contribution is -0.142. The standard InChI is InChI=1S/C28H29NO8S/c1-15-16(2)25-20(17(3)24(15)36-23(32)10-9-22(30)31)11-12-28(4,37-25)14-35-19-7-5-18(6-8-19)13-21-26(33)29-27(34)38-21/h5-8,13H,9-12,14H2,1-4H3,(H,30,31)(H,29,33,34)/b21-13-. The summed E-state index contributed by atoms with van der Waals surface area (Å²) in [5.41, 5.74) is 3.61. The van der Waals surface area contributed by atoms with Crippen molar-refractivity contribution in [3.8, 4) is 17.2 Å². The van der Waals surface area contributed by atoms with Crippen LogP contribution in [0.4, 0.5) is 4.79 Å². The normalized spacial score (nSPS) is 19.5. The van der Waals surface area contributed by atoms with E-state index in [-0.39, 0.29) is 18.1 Å². The molecule has 1 saturated heterocycles. The van der Waals surface area contributed by atoms with Crippen molar-refractivity contribution < 1.29 is 38.5 Å². The average molecular weight is 540 g/mol. The van der Waals surface area contributed by atoms with Crippen molar-refractivity contribution in [2.75, 3.05) is 6.61 Å². The van der Waals surface area contributed by atoms with Crippen molar-refractivity contribution in [3.05, 3.63) is 57.0 Å². The van der Waals surface area contributed by atoms with Gasteiger partial charge in [-0.3, -0.25) is 24.5 Å². The number of carbonyl (C=O) groups excluding carboxylic acids is 3. The van der Waals surface area contributed by atoms with Crippen molar-refractivity contribution in [3.63, 3.8) is 0 Å². The van der Waals surface area contributed by atoms with Crippen molar-refractivity contribution in [1.82, 2.24) is 5.32 Å². The van der Waals surface area contributed by atoms with Gasteiger partial charge in [0.1, 0.15) is 29.5 Å². The lowest BCUT2D eigenvalue weighted by Crippen LogP contribution is -2.42. The Hall–Kier alpha value is -3.79. The molecule has 1 atom stereocenters. The fourth-order valence-electron chi connectivity index (χ4n) is 4.38. The molecule has 2 heterocycles. The number of carbonyl (C=O) groups is 4. The Kier molecular flexibility index (Phi) is 7.82. The number of benzene rings is 2. The number of esters is 1. The van der Waals surface area contributed by atoms with Gasteiger partial charge in [-0.1, -0.05) is 12.1 Å². The van der Waals surface area contributed by atoms with Crippen LogP contribution in [0.5, 0.6) is 17.2 Å². The second kappa shape index (κ2) is 10.9. The van der Waals surface area contributed by atoms with E-state index >= 15 is 0 Å². The molecule has 4 rings (SSSR count). The molecule has 1 fully saturated rings. The summed E-state index contributed by atoms with van der Waals surface area (Å²) < 4.78 is 18.1. The number of fused-ring (bicyclic) bond motifs is 1. The second-order valence-electron chi connectivity index (χ2n) is 9.64. The van der Waals surface area contributed by atoms with Gasteiger partial charge in [-0.25, -0.2) is 0 Å². The quantitative estimate of drug-likeness (QED) is 0.274. The van der Waals surface area contributed by atoms with Crippen molar-refractivity contribution in [2.24, 2.45) is 0 Å². The molecule has 1 unspecified atom stereocenters. The Morgan fingerprint density at radius 1 is 1.11 bits per heavy atom. The smallest absolute Gasteiger partial charge is 0.311 e. The first-order valence-electron chi connectivity index (χ1n) is 12.2. The van der Waals surface area contributed by atoms with Gasteiger partial charge < -0.3 is 19.3 Å². The van der Waals surface area contributed by atoms with E-state index < -0.39 is 23.4 Å². The predicted octanol–water partition coefficient (Wildman–Crippen LogP) is 4.87. The summed E-state index contributed by atoms with van der Waals surface area (Å²) in [4.78, 5) is 46.4. The summed E-state index contributed by atoms with van der Waals surface area (Å²) in [5, 5.41) is 10.7. The van der Waals surface area contributed by atoms with Gasteiger partial charge in [0.2, 0.25) is 0 Å². The highest BCUT2D eigenvalue weighted by Gasteiger charge is 2.36. The third-order valence-electron chi connectivity index (χ3n) is 6.69. The van der Waals surface area contributed by atoms with E-state index in [1.807, 2.05) is 39.8 Å². The molecule has 0 aliphatic carbocycles. The molecular weight excluding hydrogens is 510 g/mol. The van der Waals surface area contributed by atoms with Crippen LogP contribution < -0.4 is 19.5 Å². The Morgan fingerprint density at radius 2 is 1.82 bits per heavy atom. The molecule has 2 aromatic rings. The lowest BCUT2D eigenvalue weighted by atomic mass is 9.87. The van der Waals surface area contributed by atoms with Crippen LogP contribution in [0.1, 0.15) is 54.0 Å². The number of hydrogen-bond donors (Lipinski definition) is 2. The zero-order valence-electron chi connectivity index (χ0n) is 21.6. The zero-order chi connectivity index (χ0) is 27.6. The number of amides is 2. The van der Waals surface area contributed by atoms with Gasteiger partial charge in [-0.05, 0) is 92.8 Å². The molecule has 2 amide bonds. The van der Waals surface area contributed by atoms with E-state index in [1.165, 1.54) is 0 Å². The average Bonchev–Trinajstić information content (AvgIpc) is 3.19. The van der Waals surface area contributed by atoms with Gasteiger partial charge >= 0.3 is 11.9 Å². The molecule has 0 aromatic heterocycles. The Bertz CT molecular complexity index is 1350. The van der Waals surface area contributed by atoms with Gasteiger partial charge in [0.05, 0.1) is 17.7 Å². The fraction of sp³-hybridized carbons (Fsp3) is 0.357. The molecule has 2 aromatic carbocycles. The van der Waals surface area contributed by atoms with Gasteiger partial charge in [0.25, 0.3) is 11.1 Å². The van der Waals surface area contributed by atoms with E-state index in [2.05, 4.69) is 5.32 Å².